The van der Waals surface area contributed by atoms with Crippen LogP contribution in [0.3, 0.4) is 0 Å². The van der Waals surface area contributed by atoms with Crippen LogP contribution in [-0.4, -0.2) is 31.9 Å². The number of carbonyl (C=O) groups is 1. The molecule has 22 heavy (non-hydrogen) atoms. The third-order valence-electron chi connectivity index (χ3n) is 5.01. The number of allylic oxidation sites excluding steroid dienone is 1. The molecule has 4 heteroatoms. The number of aliphatic hydroxyl groups excluding tert-OH is 1. The van der Waals surface area contributed by atoms with Gasteiger partial charge in [-0.15, -0.1) is 0 Å². The maximum absolute atomic E-state index is 11.5. The summed E-state index contributed by atoms with van der Waals surface area (Å²) in [5, 5.41) is 9.68. The van der Waals surface area contributed by atoms with Crippen LogP contribution in [0.4, 0.5) is 0 Å². The standard InChI is InChI=1S/C18H34O3Si/c1-18(2,3)22(4,5)21-12-10-8-6-7-9-11-15-13-16(19)14-17(15)20/h13,16,19H,6-12,14H2,1-5H3. The number of Topliss-reactive ketones (excluding diaryl/α,β-unsaturated/α-hetero) is 1. The molecule has 0 spiro atoms. The van der Waals surface area contributed by atoms with E-state index in [9.17, 15) is 9.90 Å². The van der Waals surface area contributed by atoms with E-state index in [4.69, 9.17) is 4.43 Å². The van der Waals surface area contributed by atoms with Crippen molar-refractivity contribution in [1.82, 2.24) is 0 Å². The third-order valence-corrected chi connectivity index (χ3v) is 9.54. The Kier molecular flexibility index (Phi) is 7.49. The molecule has 0 saturated heterocycles. The molecule has 0 fully saturated rings. The van der Waals surface area contributed by atoms with E-state index in [1.807, 2.05) is 0 Å². The van der Waals surface area contributed by atoms with Gasteiger partial charge in [-0.2, -0.15) is 0 Å². The van der Waals surface area contributed by atoms with Gasteiger partial charge in [-0.3, -0.25) is 4.79 Å². The Morgan fingerprint density at radius 3 is 2.32 bits per heavy atom. The topological polar surface area (TPSA) is 46.5 Å². The Hall–Kier alpha value is -0.453. The number of aliphatic hydroxyl groups is 1. The fourth-order valence-electron chi connectivity index (χ4n) is 2.42. The molecule has 0 radical (unpaired) electrons. The second-order valence-corrected chi connectivity index (χ2v) is 12.8. The van der Waals surface area contributed by atoms with E-state index in [-0.39, 0.29) is 5.78 Å². The molecule has 0 aromatic rings. The maximum atomic E-state index is 11.5. The van der Waals surface area contributed by atoms with Crippen LogP contribution in [0.25, 0.3) is 0 Å². The van der Waals surface area contributed by atoms with Gasteiger partial charge in [0.1, 0.15) is 0 Å². The third kappa shape index (κ3) is 6.35. The van der Waals surface area contributed by atoms with Gasteiger partial charge in [-0.05, 0) is 49.0 Å². The molecule has 1 atom stereocenters. The number of hydrogen-bond acceptors (Lipinski definition) is 3. The molecule has 1 unspecified atom stereocenters. The van der Waals surface area contributed by atoms with E-state index in [1.165, 1.54) is 12.8 Å². The fourth-order valence-corrected chi connectivity index (χ4v) is 3.51. The Morgan fingerprint density at radius 2 is 1.77 bits per heavy atom. The minimum Gasteiger partial charge on any atom is -0.417 e. The molecule has 1 aliphatic carbocycles. The molecule has 0 aromatic heterocycles. The molecular weight excluding hydrogens is 292 g/mol. The molecule has 0 heterocycles. The fraction of sp³-hybridized carbons (Fsp3) is 0.833. The highest BCUT2D eigenvalue weighted by Gasteiger charge is 2.36. The van der Waals surface area contributed by atoms with Crippen LogP contribution in [0.2, 0.25) is 18.1 Å². The Bertz CT molecular complexity index is 394. The first-order valence-corrected chi connectivity index (χ1v) is 11.6. The van der Waals surface area contributed by atoms with Crippen LogP contribution < -0.4 is 0 Å². The van der Waals surface area contributed by atoms with Crippen molar-refractivity contribution in [2.75, 3.05) is 6.61 Å². The first-order chi connectivity index (χ1) is 10.1. The van der Waals surface area contributed by atoms with E-state index in [1.54, 1.807) is 6.08 Å². The molecule has 1 N–H and O–H groups in total. The molecule has 128 valence electrons. The summed E-state index contributed by atoms with van der Waals surface area (Å²) < 4.78 is 6.16. The minimum absolute atomic E-state index is 0.135. The number of ketones is 1. The summed E-state index contributed by atoms with van der Waals surface area (Å²) in [5.41, 5.74) is 0.841. The van der Waals surface area contributed by atoms with Crippen LogP contribution in [-0.2, 0) is 9.22 Å². The van der Waals surface area contributed by atoms with Crippen molar-refractivity contribution < 1.29 is 14.3 Å². The molecular formula is C18H34O3Si. The van der Waals surface area contributed by atoms with E-state index in [0.717, 1.165) is 37.9 Å². The lowest BCUT2D eigenvalue weighted by molar-refractivity contribution is -0.115. The van der Waals surface area contributed by atoms with Crippen LogP contribution in [0.5, 0.6) is 0 Å². The lowest BCUT2D eigenvalue weighted by Gasteiger charge is -2.36. The normalized spacial score (nSPS) is 19.6. The van der Waals surface area contributed by atoms with E-state index < -0.39 is 14.4 Å². The number of carbonyl (C=O) groups excluding carboxylic acids is 1. The lowest BCUT2D eigenvalue weighted by Crippen LogP contribution is -2.40. The van der Waals surface area contributed by atoms with Crippen LogP contribution in [0.15, 0.2) is 11.6 Å². The van der Waals surface area contributed by atoms with Crippen LogP contribution >= 0.6 is 0 Å². The molecule has 1 aliphatic rings. The molecule has 1 rings (SSSR count). The van der Waals surface area contributed by atoms with Gasteiger partial charge in [-0.25, -0.2) is 0 Å². The Morgan fingerprint density at radius 1 is 1.18 bits per heavy atom. The van der Waals surface area contributed by atoms with Crippen molar-refractivity contribution in [1.29, 1.82) is 0 Å². The molecule has 0 bridgehead atoms. The lowest BCUT2D eigenvalue weighted by atomic mass is 10.0. The molecule has 0 aromatic carbocycles. The predicted molar refractivity (Wildman–Crippen MR) is 94.6 cm³/mol. The summed E-state index contributed by atoms with van der Waals surface area (Å²) in [6, 6.07) is 0. The second-order valence-electron chi connectivity index (χ2n) is 8.01. The summed E-state index contributed by atoms with van der Waals surface area (Å²) in [7, 11) is -1.58. The zero-order valence-electron chi connectivity index (χ0n) is 15.1. The van der Waals surface area contributed by atoms with Crippen LogP contribution in [0, 0.1) is 0 Å². The second kappa shape index (κ2) is 8.41. The van der Waals surface area contributed by atoms with Crippen LogP contribution in [0.1, 0.15) is 65.7 Å². The average molecular weight is 327 g/mol. The minimum atomic E-state index is -1.58. The van der Waals surface area contributed by atoms with Gasteiger partial charge in [0.25, 0.3) is 0 Å². The first-order valence-electron chi connectivity index (χ1n) is 8.69. The van der Waals surface area contributed by atoms with Crippen molar-refractivity contribution >= 4 is 14.1 Å². The van der Waals surface area contributed by atoms with Crippen molar-refractivity contribution in [3.63, 3.8) is 0 Å². The van der Waals surface area contributed by atoms with E-state index >= 15 is 0 Å². The highest BCUT2D eigenvalue weighted by Crippen LogP contribution is 2.36. The predicted octanol–water partition coefficient (Wildman–Crippen LogP) is 4.61. The highest BCUT2D eigenvalue weighted by molar-refractivity contribution is 6.74. The van der Waals surface area contributed by atoms with E-state index in [2.05, 4.69) is 33.9 Å². The molecule has 3 nitrogen and oxygen atoms in total. The Labute approximate surface area is 137 Å². The van der Waals surface area contributed by atoms with Crippen molar-refractivity contribution in [2.24, 2.45) is 0 Å². The summed E-state index contributed by atoms with van der Waals surface area (Å²) in [6.07, 6.45) is 8.05. The summed E-state index contributed by atoms with van der Waals surface area (Å²) in [5.74, 6) is 0.135. The van der Waals surface area contributed by atoms with E-state index in [0.29, 0.717) is 11.5 Å². The van der Waals surface area contributed by atoms with Crippen molar-refractivity contribution in [3.8, 4) is 0 Å². The van der Waals surface area contributed by atoms with Gasteiger partial charge in [0.05, 0.1) is 6.10 Å². The van der Waals surface area contributed by atoms with Crippen molar-refractivity contribution in [2.45, 2.75) is 90.0 Å². The number of unbranched alkanes of at least 4 members (excludes halogenated alkanes) is 4. The zero-order chi connectivity index (χ0) is 16.8. The summed E-state index contributed by atoms with van der Waals surface area (Å²) in [4.78, 5) is 11.5. The SMILES string of the molecule is CC(C)(C)[Si](C)(C)OCCCCCCCC1=CC(O)CC1=O. The smallest absolute Gasteiger partial charge is 0.191 e. The summed E-state index contributed by atoms with van der Waals surface area (Å²) >= 11 is 0. The van der Waals surface area contributed by atoms with Gasteiger partial charge in [0, 0.05) is 13.0 Å². The first kappa shape index (κ1) is 19.6. The number of rotatable bonds is 9. The maximum Gasteiger partial charge on any atom is 0.191 e. The van der Waals surface area contributed by atoms with Gasteiger partial charge < -0.3 is 9.53 Å². The summed E-state index contributed by atoms with van der Waals surface area (Å²) in [6.45, 7) is 12.3. The largest absolute Gasteiger partial charge is 0.417 e. The Balaban J connectivity index is 2.03. The highest BCUT2D eigenvalue weighted by atomic mass is 28.4. The molecule has 0 aliphatic heterocycles. The monoisotopic (exact) mass is 326 g/mol. The van der Waals surface area contributed by atoms with Gasteiger partial charge in [0.2, 0.25) is 0 Å². The van der Waals surface area contributed by atoms with Gasteiger partial charge >= 0.3 is 0 Å². The zero-order valence-corrected chi connectivity index (χ0v) is 16.1. The van der Waals surface area contributed by atoms with Gasteiger partial charge in [0.15, 0.2) is 14.1 Å². The average Bonchev–Trinajstić information content (AvgIpc) is 2.69. The molecule has 0 saturated carbocycles. The molecule has 0 amide bonds. The quantitative estimate of drug-likeness (QED) is 0.497. The number of hydrogen-bond donors (Lipinski definition) is 1. The van der Waals surface area contributed by atoms with Crippen molar-refractivity contribution in [3.05, 3.63) is 11.6 Å². The van der Waals surface area contributed by atoms with Gasteiger partial charge in [-0.1, -0.05) is 40.0 Å².